The summed E-state index contributed by atoms with van der Waals surface area (Å²) in [6.45, 7) is 1.67. The zero-order chi connectivity index (χ0) is 20.9. The van der Waals surface area contributed by atoms with Crippen LogP contribution in [0, 0.1) is 0 Å². The summed E-state index contributed by atoms with van der Waals surface area (Å²) in [4.78, 5) is 28.5. The molecule has 2 aromatic carbocycles. The van der Waals surface area contributed by atoms with Crippen molar-refractivity contribution in [1.82, 2.24) is 9.80 Å². The number of ether oxygens (including phenoxy) is 1. The second kappa shape index (κ2) is 8.92. The van der Waals surface area contributed by atoms with Crippen molar-refractivity contribution in [3.05, 3.63) is 77.7 Å². The lowest BCUT2D eigenvalue weighted by molar-refractivity contribution is 0.0640. The summed E-state index contributed by atoms with van der Waals surface area (Å²) < 4.78 is 11.1. The van der Waals surface area contributed by atoms with Crippen LogP contribution >= 0.6 is 11.6 Å². The van der Waals surface area contributed by atoms with Crippen molar-refractivity contribution < 1.29 is 18.7 Å². The van der Waals surface area contributed by atoms with Crippen molar-refractivity contribution in [2.75, 3.05) is 31.5 Å². The molecule has 0 saturated carbocycles. The molecule has 154 valence electrons. The van der Waals surface area contributed by atoms with Crippen LogP contribution < -0.4 is 10.1 Å². The van der Waals surface area contributed by atoms with E-state index in [1.807, 2.05) is 30.3 Å². The molecule has 0 spiro atoms. The molecule has 7 nitrogen and oxygen atoms in total. The van der Waals surface area contributed by atoms with Crippen LogP contribution in [0.1, 0.15) is 10.6 Å². The summed E-state index contributed by atoms with van der Waals surface area (Å²) in [5, 5.41) is 3.35. The van der Waals surface area contributed by atoms with Crippen molar-refractivity contribution in [3.8, 4) is 11.5 Å². The first-order chi connectivity index (χ1) is 14.6. The number of furan rings is 1. The first kappa shape index (κ1) is 19.8. The van der Waals surface area contributed by atoms with E-state index in [1.54, 1.807) is 40.1 Å². The fourth-order valence-electron chi connectivity index (χ4n) is 3.17. The number of rotatable bonds is 4. The van der Waals surface area contributed by atoms with Crippen molar-refractivity contribution in [2.45, 2.75) is 0 Å². The van der Waals surface area contributed by atoms with Gasteiger partial charge >= 0.3 is 6.03 Å². The van der Waals surface area contributed by atoms with Crippen LogP contribution in [0.5, 0.6) is 11.5 Å². The molecule has 3 aromatic rings. The molecular formula is C22H20ClN3O4. The average molecular weight is 426 g/mol. The Morgan fingerprint density at radius 1 is 0.933 bits per heavy atom. The van der Waals surface area contributed by atoms with Crippen LogP contribution in [-0.4, -0.2) is 47.9 Å². The molecular weight excluding hydrogens is 406 g/mol. The Morgan fingerprint density at radius 2 is 1.67 bits per heavy atom. The van der Waals surface area contributed by atoms with Crippen LogP contribution in [0.25, 0.3) is 0 Å². The van der Waals surface area contributed by atoms with Crippen molar-refractivity contribution in [3.63, 3.8) is 0 Å². The maximum Gasteiger partial charge on any atom is 0.322 e. The highest BCUT2D eigenvalue weighted by Gasteiger charge is 2.26. The zero-order valence-corrected chi connectivity index (χ0v) is 16.8. The third-order valence-electron chi connectivity index (χ3n) is 4.74. The Bertz CT molecular complexity index is 1020. The molecule has 1 saturated heterocycles. The maximum absolute atomic E-state index is 12.8. The number of urea groups is 1. The van der Waals surface area contributed by atoms with E-state index in [2.05, 4.69) is 5.32 Å². The Balaban J connectivity index is 1.39. The van der Waals surface area contributed by atoms with Gasteiger partial charge in [-0.1, -0.05) is 29.8 Å². The van der Waals surface area contributed by atoms with Crippen LogP contribution in [0.2, 0.25) is 5.02 Å². The van der Waals surface area contributed by atoms with Gasteiger partial charge in [-0.3, -0.25) is 4.79 Å². The molecule has 1 aliphatic heterocycles. The number of anilines is 1. The predicted molar refractivity (Wildman–Crippen MR) is 113 cm³/mol. The van der Waals surface area contributed by atoms with Gasteiger partial charge in [0.1, 0.15) is 5.75 Å². The number of carbonyl (C=O) groups is 2. The van der Waals surface area contributed by atoms with E-state index >= 15 is 0 Å². The largest absolute Gasteiger partial charge is 0.459 e. The highest BCUT2D eigenvalue weighted by atomic mass is 35.5. The van der Waals surface area contributed by atoms with Gasteiger partial charge in [0.15, 0.2) is 11.5 Å². The Labute approximate surface area is 178 Å². The number of halogens is 1. The molecule has 0 aliphatic carbocycles. The van der Waals surface area contributed by atoms with Crippen LogP contribution in [-0.2, 0) is 0 Å². The molecule has 3 amide bonds. The highest BCUT2D eigenvalue weighted by Crippen LogP contribution is 2.32. The van der Waals surface area contributed by atoms with Gasteiger partial charge < -0.3 is 24.3 Å². The number of amides is 3. The third kappa shape index (κ3) is 4.58. The fourth-order valence-corrected chi connectivity index (χ4v) is 3.34. The first-order valence-electron chi connectivity index (χ1n) is 9.51. The molecule has 1 fully saturated rings. The van der Waals surface area contributed by atoms with Gasteiger partial charge in [0, 0.05) is 31.2 Å². The molecule has 1 N–H and O–H groups in total. The number of benzene rings is 2. The highest BCUT2D eigenvalue weighted by molar-refractivity contribution is 6.31. The molecule has 2 heterocycles. The molecule has 8 heteroatoms. The molecule has 1 aliphatic rings. The second-order valence-corrected chi connectivity index (χ2v) is 7.18. The van der Waals surface area contributed by atoms with Gasteiger partial charge in [-0.2, -0.15) is 0 Å². The third-order valence-corrected chi connectivity index (χ3v) is 4.98. The van der Waals surface area contributed by atoms with Gasteiger partial charge in [0.05, 0.1) is 12.0 Å². The number of hydrogen-bond acceptors (Lipinski definition) is 4. The lowest BCUT2D eigenvalue weighted by atomic mass is 10.2. The normalized spacial score (nSPS) is 13.8. The summed E-state index contributed by atoms with van der Waals surface area (Å²) in [5.74, 6) is 1.27. The van der Waals surface area contributed by atoms with Crippen LogP contribution in [0.3, 0.4) is 0 Å². The summed E-state index contributed by atoms with van der Waals surface area (Å²) >= 11 is 6.12. The van der Waals surface area contributed by atoms with Crippen molar-refractivity contribution >= 4 is 29.2 Å². The summed E-state index contributed by atoms with van der Waals surface area (Å²) in [5.41, 5.74) is 0.477. The van der Waals surface area contributed by atoms with Crippen molar-refractivity contribution in [1.29, 1.82) is 0 Å². The molecule has 4 rings (SSSR count). The van der Waals surface area contributed by atoms with E-state index in [0.717, 1.165) is 0 Å². The standard InChI is InChI=1S/C22H20ClN3O4/c23-16-8-9-19(30-17-5-2-1-3-6-17)18(15-16)24-22(28)26-12-10-25(11-13-26)21(27)20-7-4-14-29-20/h1-9,14-15H,10-13H2,(H,24,28). The van der Waals surface area contributed by atoms with Gasteiger partial charge in [0.25, 0.3) is 5.91 Å². The molecule has 0 bridgehead atoms. The smallest absolute Gasteiger partial charge is 0.322 e. The maximum atomic E-state index is 12.8. The van der Waals surface area contributed by atoms with Crippen LogP contribution in [0.15, 0.2) is 71.3 Å². The molecule has 30 heavy (non-hydrogen) atoms. The van der Waals surface area contributed by atoms with Gasteiger partial charge in [-0.25, -0.2) is 4.79 Å². The summed E-state index contributed by atoms with van der Waals surface area (Å²) in [7, 11) is 0. The number of carbonyl (C=O) groups excluding carboxylic acids is 2. The quantitative estimate of drug-likeness (QED) is 0.656. The number of nitrogens with one attached hydrogen (secondary N) is 1. The number of nitrogens with zero attached hydrogens (tertiary/aromatic N) is 2. The van der Waals surface area contributed by atoms with Gasteiger partial charge in [0.2, 0.25) is 0 Å². The number of piperazine rings is 1. The molecule has 0 unspecified atom stereocenters. The topological polar surface area (TPSA) is 75.0 Å². The second-order valence-electron chi connectivity index (χ2n) is 6.74. The Morgan fingerprint density at radius 3 is 2.37 bits per heavy atom. The van der Waals surface area contributed by atoms with E-state index in [9.17, 15) is 9.59 Å². The minimum Gasteiger partial charge on any atom is -0.459 e. The van der Waals surface area contributed by atoms with E-state index in [-0.39, 0.29) is 11.9 Å². The van der Waals surface area contributed by atoms with Crippen LogP contribution in [0.4, 0.5) is 10.5 Å². The van der Waals surface area contributed by atoms with E-state index in [4.69, 9.17) is 20.8 Å². The minimum atomic E-state index is -0.278. The summed E-state index contributed by atoms with van der Waals surface area (Å²) in [6, 6.07) is 17.4. The molecule has 0 atom stereocenters. The predicted octanol–water partition coefficient (Wildman–Crippen LogP) is 4.72. The fraction of sp³-hybridized carbons (Fsp3) is 0.182. The van der Waals surface area contributed by atoms with E-state index in [0.29, 0.717) is 54.1 Å². The lowest BCUT2D eigenvalue weighted by Gasteiger charge is -2.34. The SMILES string of the molecule is O=C(Nc1cc(Cl)ccc1Oc1ccccc1)N1CCN(C(=O)c2ccco2)CC1. The van der Waals surface area contributed by atoms with E-state index in [1.165, 1.54) is 6.26 Å². The number of hydrogen-bond donors (Lipinski definition) is 1. The van der Waals surface area contributed by atoms with Crippen molar-refractivity contribution in [2.24, 2.45) is 0 Å². The van der Waals surface area contributed by atoms with Gasteiger partial charge in [-0.15, -0.1) is 0 Å². The Kier molecular flexibility index (Phi) is 5.90. The monoisotopic (exact) mass is 425 g/mol. The van der Waals surface area contributed by atoms with E-state index < -0.39 is 0 Å². The summed E-state index contributed by atoms with van der Waals surface area (Å²) in [6.07, 6.45) is 1.47. The lowest BCUT2D eigenvalue weighted by Crippen LogP contribution is -2.51. The minimum absolute atomic E-state index is 0.173. The Hall–Kier alpha value is -3.45. The molecule has 0 radical (unpaired) electrons. The first-order valence-corrected chi connectivity index (χ1v) is 9.89. The zero-order valence-electron chi connectivity index (χ0n) is 16.1. The average Bonchev–Trinajstić information content (AvgIpc) is 3.31. The number of para-hydroxylation sites is 1. The molecule has 1 aromatic heterocycles. The van der Waals surface area contributed by atoms with Gasteiger partial charge in [-0.05, 0) is 42.5 Å².